The van der Waals surface area contributed by atoms with Gasteiger partial charge < -0.3 is 4.90 Å². The molecule has 3 heterocycles. The van der Waals surface area contributed by atoms with Gasteiger partial charge in [-0.15, -0.1) is 0 Å². The Kier molecular flexibility index (Phi) is 4.74. The summed E-state index contributed by atoms with van der Waals surface area (Å²) in [6.45, 7) is 3.52. The monoisotopic (exact) mass is 444 g/mol. The number of carbonyl (C=O) groups is 1. The number of aromatic nitrogens is 5. The molecule has 3 aromatic rings. The first-order valence-corrected chi connectivity index (χ1v) is 8.66. The normalized spacial score (nSPS) is 12.0. The quantitative estimate of drug-likeness (QED) is 0.622. The Labute approximate surface area is 160 Å². The third kappa shape index (κ3) is 3.55. The zero-order chi connectivity index (χ0) is 20.1. The van der Waals surface area contributed by atoms with E-state index >= 15 is 0 Å². The highest BCUT2D eigenvalue weighted by atomic mass is 79.9. The van der Waals surface area contributed by atoms with E-state index in [4.69, 9.17) is 0 Å². The molecule has 0 aromatic carbocycles. The van der Waals surface area contributed by atoms with Gasteiger partial charge >= 0.3 is 6.18 Å². The van der Waals surface area contributed by atoms with E-state index in [0.717, 1.165) is 17.3 Å². The van der Waals surface area contributed by atoms with Gasteiger partial charge in [-0.3, -0.25) is 9.48 Å². The summed E-state index contributed by atoms with van der Waals surface area (Å²) in [5.74, 6) is -0.526. The average Bonchev–Trinajstić information content (AvgIpc) is 3.04. The zero-order valence-corrected chi connectivity index (χ0v) is 16.6. The van der Waals surface area contributed by atoms with E-state index in [1.165, 1.54) is 11.8 Å². The topological polar surface area (TPSA) is 68.3 Å². The molecule has 0 saturated carbocycles. The zero-order valence-electron chi connectivity index (χ0n) is 15.0. The average molecular weight is 445 g/mol. The Balaban J connectivity index is 2.02. The predicted octanol–water partition coefficient (Wildman–Crippen LogP) is 3.13. The van der Waals surface area contributed by atoms with Crippen molar-refractivity contribution in [2.75, 3.05) is 7.05 Å². The van der Waals surface area contributed by atoms with E-state index in [0.29, 0.717) is 4.52 Å². The molecule has 0 saturated heterocycles. The van der Waals surface area contributed by atoms with Crippen LogP contribution in [0.2, 0.25) is 0 Å². The number of fused-ring (bicyclic) bond motifs is 1. The second-order valence-electron chi connectivity index (χ2n) is 6.25. The van der Waals surface area contributed by atoms with Crippen molar-refractivity contribution in [3.63, 3.8) is 0 Å². The van der Waals surface area contributed by atoms with Crippen molar-refractivity contribution in [1.82, 2.24) is 29.3 Å². The summed E-state index contributed by atoms with van der Waals surface area (Å²) < 4.78 is 42.4. The summed E-state index contributed by atoms with van der Waals surface area (Å²) in [4.78, 5) is 18.2. The fourth-order valence-corrected chi connectivity index (χ4v) is 3.27. The summed E-state index contributed by atoms with van der Waals surface area (Å²) >= 11 is 3.18. The number of hydrogen-bond acceptors (Lipinski definition) is 4. The van der Waals surface area contributed by atoms with Crippen LogP contribution >= 0.6 is 15.9 Å². The van der Waals surface area contributed by atoms with Gasteiger partial charge in [0, 0.05) is 38.1 Å². The molecular weight excluding hydrogens is 429 g/mol. The molecule has 0 spiro atoms. The van der Waals surface area contributed by atoms with Crippen LogP contribution in [0.15, 0.2) is 16.7 Å². The molecule has 0 N–H and O–H groups in total. The van der Waals surface area contributed by atoms with E-state index in [9.17, 15) is 18.0 Å². The molecular formula is C16H16BrF3N6O. The molecule has 7 nitrogen and oxygen atoms in total. The van der Waals surface area contributed by atoms with Crippen LogP contribution in [-0.4, -0.2) is 42.2 Å². The molecule has 3 rings (SSSR count). The Hall–Kier alpha value is -2.43. The first-order chi connectivity index (χ1) is 12.5. The first-order valence-electron chi connectivity index (χ1n) is 7.86. The third-order valence-electron chi connectivity index (χ3n) is 4.02. The van der Waals surface area contributed by atoms with Crippen molar-refractivity contribution in [1.29, 1.82) is 0 Å². The Morgan fingerprint density at radius 2 is 1.96 bits per heavy atom. The van der Waals surface area contributed by atoms with Gasteiger partial charge in [-0.1, -0.05) is 0 Å². The lowest BCUT2D eigenvalue weighted by Gasteiger charge is -2.15. The Morgan fingerprint density at radius 3 is 2.52 bits per heavy atom. The number of nitrogens with zero attached hydrogens (tertiary/aromatic N) is 6. The summed E-state index contributed by atoms with van der Waals surface area (Å²) in [7, 11) is 3.32. The summed E-state index contributed by atoms with van der Waals surface area (Å²) in [6, 6.07) is 0.892. The Bertz CT molecular complexity index is 1040. The molecule has 0 atom stereocenters. The smallest absolute Gasteiger partial charge is 0.336 e. The molecule has 11 heteroatoms. The van der Waals surface area contributed by atoms with Crippen LogP contribution in [-0.2, 0) is 19.8 Å². The van der Waals surface area contributed by atoms with Crippen molar-refractivity contribution in [3.05, 3.63) is 45.1 Å². The van der Waals surface area contributed by atoms with Crippen molar-refractivity contribution < 1.29 is 18.0 Å². The van der Waals surface area contributed by atoms with Crippen LogP contribution in [0.5, 0.6) is 0 Å². The lowest BCUT2D eigenvalue weighted by atomic mass is 10.2. The minimum Gasteiger partial charge on any atom is -0.336 e. The fraction of sp³-hybridized carbons (Fsp3) is 0.375. The van der Waals surface area contributed by atoms with E-state index in [1.54, 1.807) is 25.0 Å². The minimum absolute atomic E-state index is 0.0587. The third-order valence-corrected chi connectivity index (χ3v) is 4.75. The number of amides is 1. The molecule has 0 bridgehead atoms. The van der Waals surface area contributed by atoms with Crippen molar-refractivity contribution in [2.24, 2.45) is 7.05 Å². The maximum atomic E-state index is 13.3. The number of rotatable bonds is 3. The molecule has 1 amide bonds. The largest absolute Gasteiger partial charge is 0.433 e. The van der Waals surface area contributed by atoms with Crippen molar-refractivity contribution in [3.8, 4) is 0 Å². The minimum atomic E-state index is -4.63. The van der Waals surface area contributed by atoms with Gasteiger partial charge in [0.2, 0.25) is 0 Å². The van der Waals surface area contributed by atoms with E-state index < -0.39 is 17.8 Å². The van der Waals surface area contributed by atoms with E-state index in [2.05, 4.69) is 31.1 Å². The lowest BCUT2D eigenvalue weighted by Crippen LogP contribution is -2.27. The van der Waals surface area contributed by atoms with Crippen LogP contribution in [0, 0.1) is 13.8 Å². The SMILES string of the molecule is Cc1cc(C(F)(F)F)n2nc(C(=O)N(C)Cc3cn(C)nc3C)c(Br)c2n1. The van der Waals surface area contributed by atoms with Gasteiger partial charge in [-0.25, -0.2) is 9.50 Å². The molecule has 0 fully saturated rings. The molecule has 27 heavy (non-hydrogen) atoms. The van der Waals surface area contributed by atoms with Gasteiger partial charge in [0.25, 0.3) is 5.91 Å². The summed E-state index contributed by atoms with van der Waals surface area (Å²) in [6.07, 6.45) is -2.85. The fourth-order valence-electron chi connectivity index (χ4n) is 2.76. The van der Waals surface area contributed by atoms with Gasteiger partial charge in [0.05, 0.1) is 10.2 Å². The molecule has 144 valence electrons. The summed E-state index contributed by atoms with van der Waals surface area (Å²) in [5, 5.41) is 8.10. The van der Waals surface area contributed by atoms with Crippen LogP contribution in [0.25, 0.3) is 5.65 Å². The highest BCUT2D eigenvalue weighted by molar-refractivity contribution is 9.10. The maximum Gasteiger partial charge on any atom is 0.433 e. The Morgan fingerprint density at radius 1 is 1.30 bits per heavy atom. The van der Waals surface area contributed by atoms with Crippen LogP contribution in [0.4, 0.5) is 13.2 Å². The number of alkyl halides is 3. The highest BCUT2D eigenvalue weighted by Crippen LogP contribution is 2.32. The van der Waals surface area contributed by atoms with E-state index in [1.807, 2.05) is 6.92 Å². The molecule has 0 aliphatic carbocycles. The second kappa shape index (κ2) is 6.63. The molecule has 0 unspecified atom stereocenters. The first kappa shape index (κ1) is 19.3. The second-order valence-corrected chi connectivity index (χ2v) is 7.05. The maximum absolute atomic E-state index is 13.3. The standard InChI is InChI=1S/C16H16BrF3N6O/c1-8-5-11(16(18,19)20)26-14(21-8)12(17)13(23-26)15(27)24(3)6-10-7-25(4)22-9(10)2/h5,7H,6H2,1-4H3. The number of hydrogen-bond donors (Lipinski definition) is 0. The molecule has 0 radical (unpaired) electrons. The summed E-state index contributed by atoms with van der Waals surface area (Å²) in [5.41, 5.74) is 0.588. The number of carbonyl (C=O) groups excluding carboxylic acids is 1. The van der Waals surface area contributed by atoms with Crippen LogP contribution in [0.1, 0.15) is 33.1 Å². The lowest BCUT2D eigenvalue weighted by molar-refractivity contribution is -0.142. The molecule has 3 aromatic heterocycles. The van der Waals surface area contributed by atoms with Gasteiger partial charge in [-0.05, 0) is 35.8 Å². The number of aryl methyl sites for hydroxylation is 3. The van der Waals surface area contributed by atoms with Gasteiger partial charge in [0.1, 0.15) is 5.69 Å². The molecule has 0 aliphatic rings. The van der Waals surface area contributed by atoms with Crippen molar-refractivity contribution >= 4 is 27.5 Å². The number of halogens is 4. The highest BCUT2D eigenvalue weighted by Gasteiger charge is 2.36. The van der Waals surface area contributed by atoms with Crippen LogP contribution in [0.3, 0.4) is 0 Å². The molecule has 0 aliphatic heterocycles. The predicted molar refractivity (Wildman–Crippen MR) is 94.2 cm³/mol. The van der Waals surface area contributed by atoms with E-state index in [-0.39, 0.29) is 28.1 Å². The van der Waals surface area contributed by atoms with Gasteiger partial charge in [0.15, 0.2) is 11.3 Å². The van der Waals surface area contributed by atoms with Gasteiger partial charge in [-0.2, -0.15) is 23.4 Å². The van der Waals surface area contributed by atoms with Crippen LogP contribution < -0.4 is 0 Å². The van der Waals surface area contributed by atoms with Crippen molar-refractivity contribution in [2.45, 2.75) is 26.6 Å².